The number of carbonyl (C=O) groups is 1. The average Bonchev–Trinajstić information content (AvgIpc) is 3.15. The summed E-state index contributed by atoms with van der Waals surface area (Å²) in [5, 5.41) is 15.3. The van der Waals surface area contributed by atoms with Crippen molar-refractivity contribution in [3.8, 4) is 11.1 Å². The Bertz CT molecular complexity index is 793. The molecule has 0 spiro atoms. The van der Waals surface area contributed by atoms with Gasteiger partial charge in [-0.3, -0.25) is 4.79 Å². The highest BCUT2D eigenvalue weighted by molar-refractivity contribution is 7.12. The van der Waals surface area contributed by atoms with E-state index in [0.717, 1.165) is 16.7 Å². The van der Waals surface area contributed by atoms with Crippen molar-refractivity contribution in [2.24, 2.45) is 0 Å². The maximum absolute atomic E-state index is 12.0. The monoisotopic (exact) mass is 337 g/mol. The second kappa shape index (κ2) is 6.99. The summed E-state index contributed by atoms with van der Waals surface area (Å²) >= 11 is 1.38. The third kappa shape index (κ3) is 3.72. The summed E-state index contributed by atoms with van der Waals surface area (Å²) < 4.78 is 0. The van der Waals surface area contributed by atoms with Gasteiger partial charge in [-0.2, -0.15) is 0 Å². The van der Waals surface area contributed by atoms with Crippen LogP contribution >= 0.6 is 11.3 Å². The molecule has 4 heteroatoms. The largest absolute Gasteiger partial charge is 0.384 e. The molecule has 0 aliphatic heterocycles. The Labute approximate surface area is 145 Å². The van der Waals surface area contributed by atoms with Crippen LogP contribution in [0.2, 0.25) is 0 Å². The van der Waals surface area contributed by atoms with Crippen molar-refractivity contribution in [1.82, 2.24) is 5.32 Å². The molecule has 24 heavy (non-hydrogen) atoms. The zero-order chi connectivity index (χ0) is 17.0. The van der Waals surface area contributed by atoms with E-state index in [0.29, 0.717) is 4.88 Å². The Hall–Kier alpha value is -2.43. The Morgan fingerprint density at radius 3 is 2.29 bits per heavy atom. The number of hydrogen-bond donors (Lipinski definition) is 2. The van der Waals surface area contributed by atoms with Crippen LogP contribution in [-0.4, -0.2) is 17.6 Å². The molecule has 0 saturated heterocycles. The zero-order valence-corrected chi connectivity index (χ0v) is 14.2. The summed E-state index contributed by atoms with van der Waals surface area (Å²) in [6.45, 7) is 1.87. The third-order valence-electron chi connectivity index (χ3n) is 3.95. The molecule has 0 bridgehead atoms. The van der Waals surface area contributed by atoms with Gasteiger partial charge in [0.1, 0.15) is 5.60 Å². The normalized spacial score (nSPS) is 13.2. The van der Waals surface area contributed by atoms with E-state index in [1.54, 1.807) is 13.0 Å². The van der Waals surface area contributed by atoms with Crippen molar-refractivity contribution < 1.29 is 9.90 Å². The fourth-order valence-corrected chi connectivity index (χ4v) is 3.14. The lowest BCUT2D eigenvalue weighted by Gasteiger charge is -2.24. The molecule has 0 unspecified atom stereocenters. The van der Waals surface area contributed by atoms with Crippen LogP contribution in [0.5, 0.6) is 0 Å². The van der Waals surface area contributed by atoms with Crippen LogP contribution in [0.1, 0.15) is 22.2 Å². The lowest BCUT2D eigenvalue weighted by atomic mass is 9.93. The Balaban J connectivity index is 1.69. The minimum absolute atomic E-state index is 0.161. The molecule has 0 saturated carbocycles. The van der Waals surface area contributed by atoms with Crippen molar-refractivity contribution in [2.75, 3.05) is 6.54 Å². The summed E-state index contributed by atoms with van der Waals surface area (Å²) in [7, 11) is 0. The standard InChI is InChI=1S/C20H19NO2S/c1-20(23,14-21-19(22)18-8-5-13-24-18)17-11-9-16(10-12-17)15-6-3-2-4-7-15/h2-13,23H,14H2,1H3,(H,21,22)/t20-/m1/s1. The van der Waals surface area contributed by atoms with E-state index in [1.807, 2.05) is 66.0 Å². The summed E-state index contributed by atoms with van der Waals surface area (Å²) in [5.41, 5.74) is 1.88. The molecule has 1 amide bonds. The number of aliphatic hydroxyl groups is 1. The van der Waals surface area contributed by atoms with Gasteiger partial charge in [-0.15, -0.1) is 11.3 Å². The van der Waals surface area contributed by atoms with Crippen LogP contribution in [-0.2, 0) is 5.60 Å². The number of amides is 1. The highest BCUT2D eigenvalue weighted by Gasteiger charge is 2.24. The first-order chi connectivity index (χ1) is 11.6. The molecule has 1 aromatic heterocycles. The van der Waals surface area contributed by atoms with E-state index in [4.69, 9.17) is 0 Å². The van der Waals surface area contributed by atoms with Gasteiger partial charge in [-0.05, 0) is 35.1 Å². The van der Waals surface area contributed by atoms with E-state index in [-0.39, 0.29) is 12.5 Å². The fraction of sp³-hybridized carbons (Fsp3) is 0.150. The van der Waals surface area contributed by atoms with E-state index in [2.05, 4.69) is 5.32 Å². The molecule has 2 N–H and O–H groups in total. The number of benzene rings is 2. The Kier molecular flexibility index (Phi) is 4.79. The van der Waals surface area contributed by atoms with Gasteiger partial charge in [0.05, 0.1) is 11.4 Å². The molecular formula is C20H19NO2S. The Morgan fingerprint density at radius 2 is 1.67 bits per heavy atom. The minimum atomic E-state index is -1.12. The third-order valence-corrected chi connectivity index (χ3v) is 4.82. The summed E-state index contributed by atoms with van der Waals surface area (Å²) in [5.74, 6) is -0.161. The molecule has 0 fully saturated rings. The summed E-state index contributed by atoms with van der Waals surface area (Å²) in [4.78, 5) is 12.7. The smallest absolute Gasteiger partial charge is 0.261 e. The van der Waals surface area contributed by atoms with Crippen LogP contribution in [0.3, 0.4) is 0 Å². The average molecular weight is 337 g/mol. The van der Waals surface area contributed by atoms with E-state index in [9.17, 15) is 9.90 Å². The highest BCUT2D eigenvalue weighted by Crippen LogP contribution is 2.25. The first-order valence-corrected chi connectivity index (χ1v) is 8.64. The van der Waals surface area contributed by atoms with E-state index >= 15 is 0 Å². The molecule has 122 valence electrons. The van der Waals surface area contributed by atoms with Crippen LogP contribution in [0.15, 0.2) is 72.1 Å². The summed E-state index contributed by atoms with van der Waals surface area (Å²) in [6.07, 6.45) is 0. The molecule has 3 nitrogen and oxygen atoms in total. The van der Waals surface area contributed by atoms with E-state index in [1.165, 1.54) is 11.3 Å². The second-order valence-corrected chi connectivity index (χ2v) is 6.82. The lowest BCUT2D eigenvalue weighted by Crippen LogP contribution is -2.38. The van der Waals surface area contributed by atoms with Crippen LogP contribution < -0.4 is 5.32 Å². The highest BCUT2D eigenvalue weighted by atomic mass is 32.1. The molecule has 0 aliphatic carbocycles. The maximum atomic E-state index is 12.0. The first kappa shape index (κ1) is 16.4. The predicted molar refractivity (Wildman–Crippen MR) is 98.1 cm³/mol. The zero-order valence-electron chi connectivity index (χ0n) is 13.4. The van der Waals surface area contributed by atoms with E-state index < -0.39 is 5.60 Å². The number of carbonyl (C=O) groups excluding carboxylic acids is 1. The fourth-order valence-electron chi connectivity index (χ4n) is 2.50. The van der Waals surface area contributed by atoms with Gasteiger partial charge in [0.25, 0.3) is 5.91 Å². The molecule has 1 heterocycles. The van der Waals surface area contributed by atoms with Crippen LogP contribution in [0, 0.1) is 0 Å². The number of rotatable bonds is 5. The van der Waals surface area contributed by atoms with Gasteiger partial charge in [-0.25, -0.2) is 0 Å². The predicted octanol–water partition coefficient (Wildman–Crippen LogP) is 4.05. The van der Waals surface area contributed by atoms with Crippen molar-refractivity contribution in [3.05, 3.63) is 82.6 Å². The van der Waals surface area contributed by atoms with Gasteiger partial charge in [0.2, 0.25) is 0 Å². The lowest BCUT2D eigenvalue weighted by molar-refractivity contribution is 0.0527. The van der Waals surface area contributed by atoms with Crippen LogP contribution in [0.25, 0.3) is 11.1 Å². The van der Waals surface area contributed by atoms with Crippen molar-refractivity contribution in [2.45, 2.75) is 12.5 Å². The molecule has 2 aromatic carbocycles. The second-order valence-electron chi connectivity index (χ2n) is 5.88. The summed E-state index contributed by atoms with van der Waals surface area (Å²) in [6, 6.07) is 21.5. The van der Waals surface area contributed by atoms with Gasteiger partial charge in [0.15, 0.2) is 0 Å². The molecule has 1 atom stereocenters. The molecule has 0 aliphatic rings. The molecule has 3 rings (SSSR count). The first-order valence-electron chi connectivity index (χ1n) is 7.76. The quantitative estimate of drug-likeness (QED) is 0.738. The Morgan fingerprint density at radius 1 is 1.00 bits per heavy atom. The number of hydrogen-bond acceptors (Lipinski definition) is 3. The minimum Gasteiger partial charge on any atom is -0.384 e. The van der Waals surface area contributed by atoms with Gasteiger partial charge >= 0.3 is 0 Å². The SMILES string of the molecule is C[C@@](O)(CNC(=O)c1cccs1)c1ccc(-c2ccccc2)cc1. The van der Waals surface area contributed by atoms with Gasteiger partial charge in [0, 0.05) is 0 Å². The molecule has 0 radical (unpaired) electrons. The van der Waals surface area contributed by atoms with Gasteiger partial charge in [-0.1, -0.05) is 60.7 Å². The maximum Gasteiger partial charge on any atom is 0.261 e. The van der Waals surface area contributed by atoms with Crippen molar-refractivity contribution in [1.29, 1.82) is 0 Å². The van der Waals surface area contributed by atoms with Gasteiger partial charge < -0.3 is 10.4 Å². The van der Waals surface area contributed by atoms with Crippen LogP contribution in [0.4, 0.5) is 0 Å². The molecular weight excluding hydrogens is 318 g/mol. The van der Waals surface area contributed by atoms with Crippen molar-refractivity contribution >= 4 is 17.2 Å². The topological polar surface area (TPSA) is 49.3 Å². The molecule has 3 aromatic rings. The number of thiophene rings is 1. The number of nitrogens with one attached hydrogen (secondary N) is 1. The van der Waals surface area contributed by atoms with Crippen molar-refractivity contribution in [3.63, 3.8) is 0 Å².